The van der Waals surface area contributed by atoms with Crippen molar-refractivity contribution in [1.29, 1.82) is 5.26 Å². The van der Waals surface area contributed by atoms with Crippen LogP contribution < -0.4 is 19.9 Å². The summed E-state index contributed by atoms with van der Waals surface area (Å²) < 4.78 is 16.9. The molecule has 1 unspecified atom stereocenters. The van der Waals surface area contributed by atoms with Crippen LogP contribution in [0.5, 0.6) is 17.4 Å². The summed E-state index contributed by atoms with van der Waals surface area (Å²) in [6.45, 7) is 2.45. The van der Waals surface area contributed by atoms with Crippen molar-refractivity contribution in [2.24, 2.45) is 5.73 Å². The van der Waals surface area contributed by atoms with Crippen LogP contribution in [0.4, 0.5) is 0 Å². The van der Waals surface area contributed by atoms with Gasteiger partial charge in [-0.15, -0.1) is 5.10 Å². The number of hydrogen-bond donors (Lipinski definition) is 2. The van der Waals surface area contributed by atoms with Crippen molar-refractivity contribution in [2.75, 3.05) is 13.7 Å². The molecule has 3 aromatic carbocycles. The van der Waals surface area contributed by atoms with Gasteiger partial charge in [-0.1, -0.05) is 42.5 Å². The maximum absolute atomic E-state index is 9.97. The lowest BCUT2D eigenvalue weighted by atomic mass is 9.82. The summed E-state index contributed by atoms with van der Waals surface area (Å²) >= 11 is 0. The average Bonchev–Trinajstić information content (AvgIpc) is 3.26. The third kappa shape index (κ3) is 3.42. The number of methoxy groups -OCH3 is 1. The monoisotopic (exact) mass is 438 g/mol. The largest absolute Gasteiger partial charge is 0.493 e. The molecule has 0 radical (unpaired) electrons. The Morgan fingerprint density at radius 1 is 1.09 bits per heavy atom. The predicted octanol–water partition coefficient (Wildman–Crippen LogP) is 4.86. The van der Waals surface area contributed by atoms with Crippen LogP contribution in [0.3, 0.4) is 0 Å². The van der Waals surface area contributed by atoms with Crippen molar-refractivity contribution >= 4 is 10.8 Å². The molecule has 1 atom stereocenters. The highest BCUT2D eigenvalue weighted by atomic mass is 16.5. The summed E-state index contributed by atoms with van der Waals surface area (Å²) in [5.41, 5.74) is 9.72. The first-order valence-corrected chi connectivity index (χ1v) is 10.6. The van der Waals surface area contributed by atoms with Gasteiger partial charge >= 0.3 is 0 Å². The van der Waals surface area contributed by atoms with Gasteiger partial charge in [0.05, 0.1) is 30.9 Å². The summed E-state index contributed by atoms with van der Waals surface area (Å²) in [6.07, 6.45) is 0. The van der Waals surface area contributed by atoms with Crippen molar-refractivity contribution in [3.8, 4) is 34.7 Å². The number of allylic oxidation sites excluding steroid dienone is 1. The molecule has 0 saturated carbocycles. The van der Waals surface area contributed by atoms with E-state index in [2.05, 4.69) is 28.4 Å². The van der Waals surface area contributed by atoms with E-state index in [9.17, 15) is 5.26 Å². The maximum atomic E-state index is 9.97. The fraction of sp³-hybridized carbons (Fsp3) is 0.154. The Labute approximate surface area is 191 Å². The lowest BCUT2D eigenvalue weighted by Crippen LogP contribution is -2.21. The Morgan fingerprint density at radius 3 is 2.67 bits per heavy atom. The lowest BCUT2D eigenvalue weighted by molar-refractivity contribution is 0.311. The third-order valence-corrected chi connectivity index (χ3v) is 5.80. The number of hydrogen-bond acceptors (Lipinski definition) is 6. The summed E-state index contributed by atoms with van der Waals surface area (Å²) in [4.78, 5) is 0. The molecule has 7 heteroatoms. The minimum atomic E-state index is -0.435. The van der Waals surface area contributed by atoms with Crippen LogP contribution in [0.15, 0.2) is 72.1 Å². The van der Waals surface area contributed by atoms with Crippen molar-refractivity contribution < 1.29 is 14.2 Å². The molecule has 0 saturated heterocycles. The van der Waals surface area contributed by atoms with Gasteiger partial charge in [0.1, 0.15) is 11.6 Å². The van der Waals surface area contributed by atoms with E-state index in [0.29, 0.717) is 29.6 Å². The SMILES string of the molecule is CCOc1ccc(-c2[nH]nc3c2C(c2ccc4ccccc4c2)C(C#N)=C(N)O3)cc1OC. The number of H-pyrrole nitrogens is 1. The van der Waals surface area contributed by atoms with E-state index in [1.165, 1.54) is 0 Å². The standard InChI is InChI=1S/C26H22N4O3/c1-3-32-20-11-10-18(13-21(20)31-2)24-23-22(19(14-27)25(28)33-26(23)30-29-24)17-9-8-15-6-4-5-7-16(15)12-17/h4-13,22H,3,28H2,1-2H3,(H,29,30). The molecule has 1 aromatic heterocycles. The second-order valence-corrected chi connectivity index (χ2v) is 7.65. The van der Waals surface area contributed by atoms with Gasteiger partial charge in [-0.25, -0.2) is 0 Å². The molecule has 0 spiro atoms. The number of nitrogens with two attached hydrogens (primary N) is 1. The molecular weight excluding hydrogens is 416 g/mol. The fourth-order valence-electron chi connectivity index (χ4n) is 4.28. The summed E-state index contributed by atoms with van der Waals surface area (Å²) in [6, 6.07) is 22.1. The topological polar surface area (TPSA) is 106 Å². The molecule has 3 N–H and O–H groups in total. The molecule has 0 amide bonds. The molecule has 1 aliphatic heterocycles. The van der Waals surface area contributed by atoms with E-state index < -0.39 is 5.92 Å². The average molecular weight is 438 g/mol. The molecule has 5 rings (SSSR count). The first kappa shape index (κ1) is 20.5. The van der Waals surface area contributed by atoms with Crippen molar-refractivity contribution in [3.05, 3.63) is 83.2 Å². The minimum Gasteiger partial charge on any atom is -0.493 e. The van der Waals surface area contributed by atoms with E-state index in [4.69, 9.17) is 19.9 Å². The van der Waals surface area contributed by atoms with Gasteiger partial charge in [-0.3, -0.25) is 5.10 Å². The number of nitriles is 1. The molecule has 7 nitrogen and oxygen atoms in total. The Bertz CT molecular complexity index is 1430. The number of aromatic nitrogens is 2. The second kappa shape index (κ2) is 8.24. The van der Waals surface area contributed by atoms with Gasteiger partial charge in [0, 0.05) is 5.56 Å². The van der Waals surface area contributed by atoms with Gasteiger partial charge in [-0.05, 0) is 41.5 Å². The third-order valence-electron chi connectivity index (χ3n) is 5.80. The molecular formula is C26H22N4O3. The predicted molar refractivity (Wildman–Crippen MR) is 125 cm³/mol. The maximum Gasteiger partial charge on any atom is 0.244 e. The van der Waals surface area contributed by atoms with Crippen LogP contribution in [0, 0.1) is 11.3 Å². The molecule has 0 fully saturated rings. The summed E-state index contributed by atoms with van der Waals surface area (Å²) in [5.74, 6) is 1.24. The van der Waals surface area contributed by atoms with Crippen molar-refractivity contribution in [2.45, 2.75) is 12.8 Å². The lowest BCUT2D eigenvalue weighted by Gasteiger charge is -2.24. The second-order valence-electron chi connectivity index (χ2n) is 7.65. The van der Waals surface area contributed by atoms with Crippen LogP contribution in [-0.2, 0) is 0 Å². The molecule has 4 aromatic rings. The number of benzene rings is 3. The number of rotatable bonds is 5. The zero-order valence-corrected chi connectivity index (χ0v) is 18.3. The highest BCUT2D eigenvalue weighted by Crippen LogP contribution is 2.46. The van der Waals surface area contributed by atoms with Crippen molar-refractivity contribution in [1.82, 2.24) is 10.2 Å². The molecule has 33 heavy (non-hydrogen) atoms. The number of aromatic amines is 1. The molecule has 0 aliphatic carbocycles. The van der Waals surface area contributed by atoms with Gasteiger partial charge in [0.25, 0.3) is 0 Å². The van der Waals surface area contributed by atoms with Crippen LogP contribution in [0.2, 0.25) is 0 Å². The normalized spacial score (nSPS) is 15.0. The highest BCUT2D eigenvalue weighted by Gasteiger charge is 2.35. The number of nitrogens with one attached hydrogen (secondary N) is 1. The van der Waals surface area contributed by atoms with Crippen LogP contribution in [0.1, 0.15) is 24.0 Å². The molecule has 1 aliphatic rings. The highest BCUT2D eigenvalue weighted by molar-refractivity contribution is 5.84. The summed E-state index contributed by atoms with van der Waals surface area (Å²) in [7, 11) is 1.60. The first-order valence-electron chi connectivity index (χ1n) is 10.6. The van der Waals surface area contributed by atoms with Gasteiger partial charge < -0.3 is 19.9 Å². The van der Waals surface area contributed by atoms with E-state index in [1.807, 2.05) is 55.5 Å². The first-order chi connectivity index (χ1) is 16.1. The Morgan fingerprint density at radius 2 is 1.91 bits per heavy atom. The van der Waals surface area contributed by atoms with Crippen LogP contribution >= 0.6 is 0 Å². The molecule has 2 heterocycles. The smallest absolute Gasteiger partial charge is 0.244 e. The Hall–Kier alpha value is -4.44. The minimum absolute atomic E-state index is 0.0606. The van der Waals surface area contributed by atoms with E-state index in [-0.39, 0.29) is 5.88 Å². The Balaban J connectivity index is 1.70. The zero-order valence-electron chi connectivity index (χ0n) is 18.3. The molecule has 0 bridgehead atoms. The summed E-state index contributed by atoms with van der Waals surface area (Å²) in [5, 5.41) is 19.6. The van der Waals surface area contributed by atoms with E-state index in [0.717, 1.165) is 33.2 Å². The number of nitrogens with zero attached hydrogens (tertiary/aromatic N) is 2. The van der Waals surface area contributed by atoms with Gasteiger partial charge in [0.15, 0.2) is 11.5 Å². The molecule has 164 valence electrons. The Kier molecular flexibility index (Phi) is 5.11. The zero-order chi connectivity index (χ0) is 22.9. The van der Waals surface area contributed by atoms with Crippen LogP contribution in [-0.4, -0.2) is 23.9 Å². The van der Waals surface area contributed by atoms with Crippen molar-refractivity contribution in [3.63, 3.8) is 0 Å². The van der Waals surface area contributed by atoms with Crippen LogP contribution in [0.25, 0.3) is 22.0 Å². The number of fused-ring (bicyclic) bond motifs is 2. The van der Waals surface area contributed by atoms with Gasteiger partial charge in [-0.2, -0.15) is 5.26 Å². The van der Waals surface area contributed by atoms with Gasteiger partial charge in [0.2, 0.25) is 11.8 Å². The van der Waals surface area contributed by atoms with E-state index in [1.54, 1.807) is 7.11 Å². The fourth-order valence-corrected chi connectivity index (χ4v) is 4.28. The van der Waals surface area contributed by atoms with E-state index >= 15 is 0 Å². The number of ether oxygens (including phenoxy) is 3. The quantitative estimate of drug-likeness (QED) is 0.461.